The summed E-state index contributed by atoms with van der Waals surface area (Å²) < 4.78 is 5.58. The quantitative estimate of drug-likeness (QED) is 0.242. The van der Waals surface area contributed by atoms with Gasteiger partial charge in [-0.3, -0.25) is 9.98 Å². The first-order valence-electron chi connectivity index (χ1n) is 9.10. The van der Waals surface area contributed by atoms with Gasteiger partial charge in [0.1, 0.15) is 6.26 Å². The first-order valence-corrected chi connectivity index (χ1v) is 9.10. The molecule has 2 aromatic heterocycles. The van der Waals surface area contributed by atoms with E-state index in [1.807, 2.05) is 60.8 Å². The van der Waals surface area contributed by atoms with Crippen LogP contribution in [0.3, 0.4) is 0 Å². The number of rotatable bonds is 5. The lowest BCUT2D eigenvalue weighted by atomic mass is 10.1. The predicted molar refractivity (Wildman–Crippen MR) is 126 cm³/mol. The van der Waals surface area contributed by atoms with Crippen LogP contribution in [0.15, 0.2) is 82.5 Å². The number of hydrogen-bond acceptors (Lipinski definition) is 4. The molecule has 0 aliphatic rings. The van der Waals surface area contributed by atoms with Gasteiger partial charge in [-0.2, -0.15) is 0 Å². The maximum atomic E-state index is 5.58. The van der Waals surface area contributed by atoms with Crippen LogP contribution in [0, 0.1) is 0 Å². The van der Waals surface area contributed by atoms with E-state index in [0.717, 1.165) is 22.2 Å². The van der Waals surface area contributed by atoms with Crippen LogP contribution < -0.4 is 10.6 Å². The van der Waals surface area contributed by atoms with Gasteiger partial charge in [0.05, 0.1) is 17.8 Å². The molecule has 0 fully saturated rings. The summed E-state index contributed by atoms with van der Waals surface area (Å²) in [5.41, 5.74) is 3.93. The molecule has 2 N–H and O–H groups in total. The highest BCUT2D eigenvalue weighted by molar-refractivity contribution is 14.0. The minimum Gasteiger partial charge on any atom is -0.444 e. The van der Waals surface area contributed by atoms with Gasteiger partial charge >= 0.3 is 0 Å². The molecular weight excluding hydrogens is 477 g/mol. The third-order valence-electron chi connectivity index (χ3n) is 4.42. The van der Waals surface area contributed by atoms with Crippen LogP contribution in [0.1, 0.15) is 11.3 Å². The van der Waals surface area contributed by atoms with E-state index < -0.39 is 0 Å². The Hall–Kier alpha value is -2.94. The Bertz CT molecular complexity index is 1090. The molecule has 2 heterocycles. The zero-order valence-corrected chi connectivity index (χ0v) is 18.3. The molecule has 0 aliphatic carbocycles. The molecular formula is C22H22IN5O. The molecule has 6 nitrogen and oxygen atoms in total. The molecule has 0 spiro atoms. The Balaban J connectivity index is 0.00000240. The monoisotopic (exact) mass is 499 g/mol. The maximum absolute atomic E-state index is 5.58. The lowest BCUT2D eigenvalue weighted by molar-refractivity contribution is 0.572. The van der Waals surface area contributed by atoms with Crippen molar-refractivity contribution in [3.63, 3.8) is 0 Å². The summed E-state index contributed by atoms with van der Waals surface area (Å²) in [6, 6.07) is 20.0. The number of benzene rings is 2. The molecule has 29 heavy (non-hydrogen) atoms. The Morgan fingerprint density at radius 2 is 1.72 bits per heavy atom. The van der Waals surface area contributed by atoms with Gasteiger partial charge in [0, 0.05) is 30.7 Å². The molecule has 148 valence electrons. The van der Waals surface area contributed by atoms with Crippen LogP contribution in [-0.4, -0.2) is 23.0 Å². The molecule has 0 saturated heterocycles. The summed E-state index contributed by atoms with van der Waals surface area (Å²) in [7, 11) is 1.75. The van der Waals surface area contributed by atoms with E-state index in [-0.39, 0.29) is 24.0 Å². The maximum Gasteiger partial charge on any atom is 0.226 e. The minimum absolute atomic E-state index is 0. The average molecular weight is 499 g/mol. The Kier molecular flexibility index (Phi) is 7.18. The Labute approximate surface area is 186 Å². The molecule has 0 radical (unpaired) electrons. The molecule has 0 bridgehead atoms. The number of halogens is 1. The number of nitrogens with zero attached hydrogens (tertiary/aromatic N) is 3. The second-order valence-corrected chi connectivity index (χ2v) is 6.28. The van der Waals surface area contributed by atoms with E-state index in [4.69, 9.17) is 4.42 Å². The van der Waals surface area contributed by atoms with Crippen molar-refractivity contribution < 1.29 is 4.42 Å². The van der Waals surface area contributed by atoms with E-state index in [0.29, 0.717) is 24.9 Å². The van der Waals surface area contributed by atoms with Gasteiger partial charge < -0.3 is 15.1 Å². The molecule has 0 unspecified atom stereocenters. The van der Waals surface area contributed by atoms with E-state index in [1.165, 1.54) is 5.56 Å². The highest BCUT2D eigenvalue weighted by atomic mass is 127. The average Bonchev–Trinajstić information content (AvgIpc) is 3.24. The largest absolute Gasteiger partial charge is 0.444 e. The van der Waals surface area contributed by atoms with Crippen molar-refractivity contribution in [1.29, 1.82) is 0 Å². The van der Waals surface area contributed by atoms with Crippen molar-refractivity contribution in [2.75, 3.05) is 7.05 Å². The molecule has 0 atom stereocenters. The first-order chi connectivity index (χ1) is 13.8. The molecule has 7 heteroatoms. The summed E-state index contributed by atoms with van der Waals surface area (Å²) in [5.74, 6) is 1.31. The predicted octanol–water partition coefficient (Wildman–Crippen LogP) is 4.37. The smallest absolute Gasteiger partial charge is 0.226 e. The molecule has 4 rings (SSSR count). The number of fused-ring (bicyclic) bond motifs is 1. The molecule has 0 aliphatic heterocycles. The lowest BCUT2D eigenvalue weighted by Crippen LogP contribution is -2.36. The van der Waals surface area contributed by atoms with Gasteiger partial charge in [-0.05, 0) is 29.8 Å². The molecule has 4 aromatic rings. The SMILES string of the molecule is CN=C(NCc1coc(-c2ccccc2)n1)NCc1ccnc2ccccc12.I. The lowest BCUT2D eigenvalue weighted by Gasteiger charge is -2.12. The van der Waals surface area contributed by atoms with Crippen molar-refractivity contribution in [3.8, 4) is 11.5 Å². The van der Waals surface area contributed by atoms with Crippen molar-refractivity contribution in [1.82, 2.24) is 20.6 Å². The fourth-order valence-electron chi connectivity index (χ4n) is 2.98. The van der Waals surface area contributed by atoms with E-state index in [1.54, 1.807) is 13.3 Å². The zero-order chi connectivity index (χ0) is 19.2. The third kappa shape index (κ3) is 5.11. The van der Waals surface area contributed by atoms with Gasteiger partial charge in [0.25, 0.3) is 0 Å². The van der Waals surface area contributed by atoms with Gasteiger partial charge in [-0.25, -0.2) is 4.98 Å². The number of para-hydroxylation sites is 1. The number of aromatic nitrogens is 2. The fourth-order valence-corrected chi connectivity index (χ4v) is 2.98. The van der Waals surface area contributed by atoms with Crippen LogP contribution in [0.4, 0.5) is 0 Å². The van der Waals surface area contributed by atoms with Gasteiger partial charge in [-0.1, -0.05) is 36.4 Å². The van der Waals surface area contributed by atoms with Gasteiger partial charge in [0.15, 0.2) is 5.96 Å². The van der Waals surface area contributed by atoms with E-state index in [2.05, 4.69) is 31.7 Å². The van der Waals surface area contributed by atoms with E-state index >= 15 is 0 Å². The van der Waals surface area contributed by atoms with Gasteiger partial charge in [0.2, 0.25) is 5.89 Å². The first kappa shape index (κ1) is 20.8. The number of nitrogens with one attached hydrogen (secondary N) is 2. The fraction of sp³-hybridized carbons (Fsp3) is 0.136. The van der Waals surface area contributed by atoms with Crippen molar-refractivity contribution in [2.45, 2.75) is 13.1 Å². The summed E-state index contributed by atoms with van der Waals surface area (Å²) >= 11 is 0. The second-order valence-electron chi connectivity index (χ2n) is 6.28. The van der Waals surface area contributed by atoms with E-state index in [9.17, 15) is 0 Å². The van der Waals surface area contributed by atoms with Crippen molar-refractivity contribution in [3.05, 3.63) is 84.4 Å². The number of aliphatic imine (C=N–C) groups is 1. The normalized spacial score (nSPS) is 11.1. The third-order valence-corrected chi connectivity index (χ3v) is 4.42. The molecule has 0 amide bonds. The summed E-state index contributed by atoms with van der Waals surface area (Å²) in [5, 5.41) is 7.74. The number of pyridine rings is 1. The topological polar surface area (TPSA) is 75.3 Å². The highest BCUT2D eigenvalue weighted by Crippen LogP contribution is 2.18. The van der Waals surface area contributed by atoms with Crippen molar-refractivity contribution >= 4 is 40.8 Å². The highest BCUT2D eigenvalue weighted by Gasteiger charge is 2.07. The van der Waals surface area contributed by atoms with Gasteiger partial charge in [-0.15, -0.1) is 24.0 Å². The van der Waals surface area contributed by atoms with Crippen LogP contribution in [0.25, 0.3) is 22.4 Å². The summed E-state index contributed by atoms with van der Waals surface area (Å²) in [6.07, 6.45) is 3.50. The number of guanidine groups is 1. The van der Waals surface area contributed by atoms with Crippen LogP contribution in [0.2, 0.25) is 0 Å². The standard InChI is InChI=1S/C22H21N5O.HI/c1-23-22(25-13-17-11-12-24-20-10-6-5-9-19(17)20)26-14-18-15-28-21(27-18)16-7-3-2-4-8-16;/h2-12,15H,13-14H2,1H3,(H2,23,25,26);1H. The number of oxazole rings is 1. The molecule has 0 saturated carbocycles. The zero-order valence-electron chi connectivity index (χ0n) is 16.0. The van der Waals surface area contributed by atoms with Crippen molar-refractivity contribution in [2.24, 2.45) is 4.99 Å². The Morgan fingerprint density at radius 3 is 2.55 bits per heavy atom. The second kappa shape index (κ2) is 10.0. The van der Waals surface area contributed by atoms with Crippen LogP contribution >= 0.6 is 24.0 Å². The van der Waals surface area contributed by atoms with Crippen LogP contribution in [-0.2, 0) is 13.1 Å². The minimum atomic E-state index is 0. The number of hydrogen-bond donors (Lipinski definition) is 2. The Morgan fingerprint density at radius 1 is 0.966 bits per heavy atom. The molecule has 2 aromatic carbocycles. The summed E-state index contributed by atoms with van der Waals surface area (Å²) in [6.45, 7) is 1.17. The van der Waals surface area contributed by atoms with Crippen LogP contribution in [0.5, 0.6) is 0 Å². The summed E-state index contributed by atoms with van der Waals surface area (Å²) in [4.78, 5) is 13.2.